The Morgan fingerprint density at radius 1 is 1.11 bits per heavy atom. The molecule has 0 radical (unpaired) electrons. The molecule has 6 N–H and O–H groups in total. The van der Waals surface area contributed by atoms with E-state index in [0.717, 1.165) is 41.5 Å². The predicted molar refractivity (Wildman–Crippen MR) is 139 cm³/mol. The summed E-state index contributed by atoms with van der Waals surface area (Å²) in [5.41, 5.74) is 15.7. The van der Waals surface area contributed by atoms with Crippen molar-refractivity contribution < 1.29 is 4.79 Å². The van der Waals surface area contributed by atoms with E-state index >= 15 is 0 Å². The van der Waals surface area contributed by atoms with Gasteiger partial charge in [0.15, 0.2) is 5.82 Å². The summed E-state index contributed by atoms with van der Waals surface area (Å²) in [7, 11) is 0. The van der Waals surface area contributed by atoms with Crippen LogP contribution >= 0.6 is 0 Å². The third kappa shape index (κ3) is 4.89. The summed E-state index contributed by atoms with van der Waals surface area (Å²) < 4.78 is 0. The van der Waals surface area contributed by atoms with Crippen molar-refractivity contribution in [2.24, 2.45) is 5.92 Å². The van der Waals surface area contributed by atoms with E-state index in [2.05, 4.69) is 49.4 Å². The first-order chi connectivity index (χ1) is 17.0. The van der Waals surface area contributed by atoms with Crippen LogP contribution in [0.1, 0.15) is 25.3 Å². The number of nitrogens with zero attached hydrogens (tertiary/aromatic N) is 4. The molecule has 5 rings (SSSR count). The first kappa shape index (κ1) is 22.6. The summed E-state index contributed by atoms with van der Waals surface area (Å²) in [4.78, 5) is 24.1. The van der Waals surface area contributed by atoms with E-state index < -0.39 is 0 Å². The molecule has 3 heterocycles. The van der Waals surface area contributed by atoms with Crippen molar-refractivity contribution in [3.8, 4) is 11.3 Å². The second-order valence-electron chi connectivity index (χ2n) is 9.14. The second-order valence-corrected chi connectivity index (χ2v) is 9.14. The van der Waals surface area contributed by atoms with Crippen LogP contribution in [0.5, 0.6) is 0 Å². The number of amides is 1. The zero-order valence-corrected chi connectivity index (χ0v) is 19.7. The molecule has 2 aromatic carbocycles. The van der Waals surface area contributed by atoms with E-state index in [4.69, 9.17) is 11.5 Å². The molecule has 0 saturated carbocycles. The normalized spacial score (nSPS) is 18.0. The lowest BCUT2D eigenvalue weighted by Gasteiger charge is -2.38. The maximum absolute atomic E-state index is 12.9. The van der Waals surface area contributed by atoms with E-state index in [1.165, 1.54) is 5.56 Å². The third-order valence-electron chi connectivity index (χ3n) is 6.72. The van der Waals surface area contributed by atoms with E-state index in [-0.39, 0.29) is 23.8 Å². The minimum Gasteiger partial charge on any atom is -0.382 e. The van der Waals surface area contributed by atoms with Crippen LogP contribution in [0, 0.1) is 5.92 Å². The van der Waals surface area contributed by atoms with Gasteiger partial charge in [-0.1, -0.05) is 36.4 Å². The van der Waals surface area contributed by atoms with Crippen molar-refractivity contribution in [3.05, 3.63) is 60.2 Å². The summed E-state index contributed by atoms with van der Waals surface area (Å²) in [5.74, 6) is 1.37. The molecule has 0 unspecified atom stereocenters. The fourth-order valence-electron chi connectivity index (χ4n) is 4.71. The number of H-pyrrole nitrogens is 1. The maximum Gasteiger partial charge on any atom is 0.224 e. The second kappa shape index (κ2) is 9.61. The standard InChI is InChI=1S/C26H30N8O/c1-16-7-8-19(25(35)29-12-11-17-5-3-2-4-6-17)15-34(16)23-14-21(30-26(28)31-23)18-9-10-20-22(13-18)32-33-24(20)27/h2-6,9-10,13-14,16,19H,7-8,11-12,15H2,1H3,(H,29,35)(H3,27,32,33)(H2,28,30,31)/t16-,19+/m1/s1. The Kier molecular flexibility index (Phi) is 6.22. The Morgan fingerprint density at radius 3 is 2.77 bits per heavy atom. The molecule has 35 heavy (non-hydrogen) atoms. The Labute approximate surface area is 203 Å². The van der Waals surface area contributed by atoms with Crippen LogP contribution in [0.4, 0.5) is 17.6 Å². The largest absolute Gasteiger partial charge is 0.382 e. The highest BCUT2D eigenvalue weighted by molar-refractivity contribution is 5.91. The first-order valence-electron chi connectivity index (χ1n) is 11.9. The van der Waals surface area contributed by atoms with Gasteiger partial charge in [-0.15, -0.1) is 0 Å². The van der Waals surface area contributed by atoms with Gasteiger partial charge in [0.25, 0.3) is 0 Å². The van der Waals surface area contributed by atoms with Gasteiger partial charge in [0.1, 0.15) is 5.82 Å². The van der Waals surface area contributed by atoms with Gasteiger partial charge >= 0.3 is 0 Å². The van der Waals surface area contributed by atoms with Crippen LogP contribution in [-0.4, -0.2) is 45.2 Å². The number of carbonyl (C=O) groups is 1. The molecule has 2 atom stereocenters. The minimum absolute atomic E-state index is 0.0855. The molecule has 1 fully saturated rings. The van der Waals surface area contributed by atoms with Crippen molar-refractivity contribution in [2.75, 3.05) is 29.5 Å². The van der Waals surface area contributed by atoms with E-state index in [9.17, 15) is 4.79 Å². The molecular formula is C26H30N8O. The van der Waals surface area contributed by atoms with Gasteiger partial charge in [-0.25, -0.2) is 4.98 Å². The highest BCUT2D eigenvalue weighted by Crippen LogP contribution is 2.31. The highest BCUT2D eigenvalue weighted by atomic mass is 16.1. The molecule has 1 aliphatic heterocycles. The summed E-state index contributed by atoms with van der Waals surface area (Å²) in [5, 5.41) is 11.0. The van der Waals surface area contributed by atoms with Gasteiger partial charge in [0.05, 0.1) is 17.1 Å². The number of piperidine rings is 1. The van der Waals surface area contributed by atoms with Gasteiger partial charge < -0.3 is 21.7 Å². The molecule has 1 amide bonds. The lowest BCUT2D eigenvalue weighted by molar-refractivity contribution is -0.125. The predicted octanol–water partition coefficient (Wildman–Crippen LogP) is 3.15. The molecule has 0 spiro atoms. The van der Waals surface area contributed by atoms with Crippen molar-refractivity contribution in [3.63, 3.8) is 0 Å². The summed E-state index contributed by atoms with van der Waals surface area (Å²) in [6.07, 6.45) is 2.56. The smallest absolute Gasteiger partial charge is 0.224 e. The number of nitrogens with one attached hydrogen (secondary N) is 2. The topological polar surface area (TPSA) is 139 Å². The minimum atomic E-state index is -0.106. The molecular weight excluding hydrogens is 440 g/mol. The van der Waals surface area contributed by atoms with Crippen LogP contribution in [0.3, 0.4) is 0 Å². The van der Waals surface area contributed by atoms with Crippen molar-refractivity contribution in [1.29, 1.82) is 0 Å². The number of benzene rings is 2. The molecule has 1 saturated heterocycles. The van der Waals surface area contributed by atoms with Gasteiger partial charge in [-0.2, -0.15) is 10.1 Å². The number of hydrogen-bond donors (Lipinski definition) is 4. The molecule has 0 aliphatic carbocycles. The van der Waals surface area contributed by atoms with Crippen molar-refractivity contribution in [2.45, 2.75) is 32.2 Å². The lowest BCUT2D eigenvalue weighted by Crippen LogP contribution is -2.47. The first-order valence-corrected chi connectivity index (χ1v) is 11.9. The number of anilines is 3. The average Bonchev–Trinajstić information content (AvgIpc) is 3.24. The molecule has 9 heteroatoms. The number of fused-ring (bicyclic) bond motifs is 1. The Morgan fingerprint density at radius 2 is 1.94 bits per heavy atom. The molecule has 180 valence electrons. The number of aromatic nitrogens is 4. The molecule has 0 bridgehead atoms. The number of rotatable bonds is 6. The Balaban J connectivity index is 1.31. The number of nitrogens with two attached hydrogens (primary N) is 2. The van der Waals surface area contributed by atoms with Crippen LogP contribution in [0.2, 0.25) is 0 Å². The number of carbonyl (C=O) groups excluding carboxylic acids is 1. The fraction of sp³-hybridized carbons (Fsp3) is 0.308. The lowest BCUT2D eigenvalue weighted by atomic mass is 9.92. The van der Waals surface area contributed by atoms with Crippen LogP contribution in [0.15, 0.2) is 54.6 Å². The number of hydrogen-bond acceptors (Lipinski definition) is 7. The molecule has 2 aromatic heterocycles. The van der Waals surface area contributed by atoms with Gasteiger partial charge in [0.2, 0.25) is 11.9 Å². The SMILES string of the molecule is C[C@@H]1CC[C@H](C(=O)NCCc2ccccc2)CN1c1cc(-c2ccc3c(N)n[nH]c3c2)nc(N)n1. The van der Waals surface area contributed by atoms with E-state index in [0.29, 0.717) is 24.6 Å². The monoisotopic (exact) mass is 470 g/mol. The van der Waals surface area contributed by atoms with E-state index in [1.54, 1.807) is 0 Å². The Hall–Kier alpha value is -4.14. The Bertz CT molecular complexity index is 1340. The number of nitrogen functional groups attached to an aromatic ring is 2. The molecule has 9 nitrogen and oxygen atoms in total. The highest BCUT2D eigenvalue weighted by Gasteiger charge is 2.31. The van der Waals surface area contributed by atoms with Gasteiger partial charge in [-0.3, -0.25) is 9.89 Å². The molecule has 4 aromatic rings. The summed E-state index contributed by atoms with van der Waals surface area (Å²) >= 11 is 0. The number of aromatic amines is 1. The van der Waals surface area contributed by atoms with Gasteiger partial charge in [0, 0.05) is 36.1 Å². The van der Waals surface area contributed by atoms with Crippen LogP contribution in [0.25, 0.3) is 22.2 Å². The third-order valence-corrected chi connectivity index (χ3v) is 6.72. The zero-order valence-electron chi connectivity index (χ0n) is 19.7. The van der Waals surface area contributed by atoms with Crippen LogP contribution < -0.4 is 21.7 Å². The van der Waals surface area contributed by atoms with E-state index in [1.807, 2.05) is 42.5 Å². The average molecular weight is 471 g/mol. The quantitative estimate of drug-likeness (QED) is 0.339. The summed E-state index contributed by atoms with van der Waals surface area (Å²) in [6, 6.07) is 18.2. The zero-order chi connectivity index (χ0) is 24.4. The van der Waals surface area contributed by atoms with Crippen LogP contribution in [-0.2, 0) is 11.2 Å². The van der Waals surface area contributed by atoms with Gasteiger partial charge in [-0.05, 0) is 43.9 Å². The van der Waals surface area contributed by atoms with Crippen molar-refractivity contribution >= 4 is 34.4 Å². The fourth-order valence-corrected chi connectivity index (χ4v) is 4.71. The maximum atomic E-state index is 12.9. The van der Waals surface area contributed by atoms with Crippen molar-refractivity contribution in [1.82, 2.24) is 25.5 Å². The summed E-state index contributed by atoms with van der Waals surface area (Å²) in [6.45, 7) is 3.37. The molecule has 1 aliphatic rings.